The van der Waals surface area contributed by atoms with Crippen LogP contribution >= 0.6 is 12.2 Å². The van der Waals surface area contributed by atoms with E-state index < -0.39 is 0 Å². The topological polar surface area (TPSA) is 33.1 Å². The standard InChI is InChI=1S/C30H31FN4S/c1-6-22-11-9-10-18(2)28(22)34-20(4)17-24(21(34)5)29-27(26-12-7-8-15-32-26)33-30(36)35(29)23-13-14-25(31)19(3)16-23/h7-17,27,29H,6H2,1-5H3,(H,33,36)/t27-,29-/m1/s1. The van der Waals surface area contributed by atoms with E-state index in [1.54, 1.807) is 13.0 Å². The van der Waals surface area contributed by atoms with Gasteiger partial charge in [-0.2, -0.15) is 0 Å². The molecule has 2 aromatic heterocycles. The molecule has 1 aliphatic heterocycles. The van der Waals surface area contributed by atoms with E-state index in [0.717, 1.165) is 23.5 Å². The third-order valence-corrected chi connectivity index (χ3v) is 7.55. The van der Waals surface area contributed by atoms with Gasteiger partial charge in [0.25, 0.3) is 0 Å². The predicted octanol–water partition coefficient (Wildman–Crippen LogP) is 6.98. The first-order valence-corrected chi connectivity index (χ1v) is 12.8. The average molecular weight is 499 g/mol. The molecule has 0 spiro atoms. The quantitative estimate of drug-likeness (QED) is 0.301. The lowest BCUT2D eigenvalue weighted by Gasteiger charge is -2.28. The molecular formula is C30H31FN4S. The molecule has 2 aromatic carbocycles. The summed E-state index contributed by atoms with van der Waals surface area (Å²) in [6.45, 7) is 10.5. The number of nitrogens with zero attached hydrogens (tertiary/aromatic N) is 3. The molecule has 0 bridgehead atoms. The van der Waals surface area contributed by atoms with Crippen molar-refractivity contribution in [3.63, 3.8) is 0 Å². The van der Waals surface area contributed by atoms with E-state index in [2.05, 4.69) is 71.7 Å². The monoisotopic (exact) mass is 498 g/mol. The fraction of sp³-hybridized carbons (Fsp3) is 0.267. The van der Waals surface area contributed by atoms with Gasteiger partial charge in [-0.15, -0.1) is 0 Å². The number of pyridine rings is 1. The highest BCUT2D eigenvalue weighted by atomic mass is 32.1. The van der Waals surface area contributed by atoms with Crippen molar-refractivity contribution in [1.29, 1.82) is 0 Å². The summed E-state index contributed by atoms with van der Waals surface area (Å²) in [6.07, 6.45) is 2.77. The second-order valence-electron chi connectivity index (χ2n) is 9.53. The Morgan fingerprint density at radius 1 is 0.972 bits per heavy atom. The van der Waals surface area contributed by atoms with Crippen molar-refractivity contribution in [1.82, 2.24) is 14.9 Å². The fourth-order valence-corrected chi connectivity index (χ4v) is 5.83. The second kappa shape index (κ2) is 9.51. The molecule has 36 heavy (non-hydrogen) atoms. The van der Waals surface area contributed by atoms with E-state index in [4.69, 9.17) is 12.2 Å². The zero-order valence-electron chi connectivity index (χ0n) is 21.3. The van der Waals surface area contributed by atoms with Crippen LogP contribution in [0.1, 0.15) is 58.3 Å². The highest BCUT2D eigenvalue weighted by Gasteiger charge is 2.42. The normalized spacial score (nSPS) is 17.5. The number of aryl methyl sites for hydroxylation is 4. The Morgan fingerprint density at radius 3 is 2.47 bits per heavy atom. The molecule has 0 radical (unpaired) electrons. The average Bonchev–Trinajstić information content (AvgIpc) is 3.36. The summed E-state index contributed by atoms with van der Waals surface area (Å²) in [5, 5.41) is 4.13. The number of hydrogen-bond acceptors (Lipinski definition) is 2. The molecule has 1 aliphatic rings. The van der Waals surface area contributed by atoms with Crippen LogP contribution in [-0.4, -0.2) is 14.7 Å². The van der Waals surface area contributed by atoms with Gasteiger partial charge in [-0.25, -0.2) is 4.39 Å². The van der Waals surface area contributed by atoms with E-state index >= 15 is 0 Å². The van der Waals surface area contributed by atoms with E-state index in [9.17, 15) is 4.39 Å². The van der Waals surface area contributed by atoms with Gasteiger partial charge < -0.3 is 14.8 Å². The van der Waals surface area contributed by atoms with Crippen molar-refractivity contribution in [3.8, 4) is 5.69 Å². The van der Waals surface area contributed by atoms with Gasteiger partial charge in [-0.1, -0.05) is 31.2 Å². The van der Waals surface area contributed by atoms with Crippen molar-refractivity contribution >= 4 is 23.0 Å². The van der Waals surface area contributed by atoms with Gasteiger partial charge in [0, 0.05) is 23.3 Å². The Bertz CT molecular complexity index is 1440. The second-order valence-corrected chi connectivity index (χ2v) is 9.91. The molecule has 5 rings (SSSR count). The van der Waals surface area contributed by atoms with E-state index in [-0.39, 0.29) is 17.9 Å². The predicted molar refractivity (Wildman–Crippen MR) is 148 cm³/mol. The zero-order chi connectivity index (χ0) is 25.6. The summed E-state index contributed by atoms with van der Waals surface area (Å²) in [7, 11) is 0. The largest absolute Gasteiger partial charge is 0.351 e. The third-order valence-electron chi connectivity index (χ3n) is 7.23. The first-order chi connectivity index (χ1) is 17.3. The van der Waals surface area contributed by atoms with Gasteiger partial charge in [-0.05, 0) is 105 Å². The summed E-state index contributed by atoms with van der Waals surface area (Å²) < 4.78 is 16.6. The van der Waals surface area contributed by atoms with Crippen molar-refractivity contribution in [3.05, 3.63) is 112 Å². The Kier molecular flexibility index (Phi) is 6.39. The lowest BCUT2D eigenvalue weighted by atomic mass is 9.96. The number of thiocarbonyl (C=S) groups is 1. The fourth-order valence-electron chi connectivity index (χ4n) is 5.48. The zero-order valence-corrected chi connectivity index (χ0v) is 22.2. The van der Waals surface area contributed by atoms with Crippen LogP contribution in [0.25, 0.3) is 5.69 Å². The van der Waals surface area contributed by atoms with Gasteiger partial charge >= 0.3 is 0 Å². The summed E-state index contributed by atoms with van der Waals surface area (Å²) in [5.74, 6) is -0.223. The van der Waals surface area contributed by atoms with Gasteiger partial charge in [0.2, 0.25) is 0 Å². The van der Waals surface area contributed by atoms with Crippen LogP contribution in [0.4, 0.5) is 10.1 Å². The summed E-state index contributed by atoms with van der Waals surface area (Å²) in [4.78, 5) is 6.79. The van der Waals surface area contributed by atoms with E-state index in [1.807, 2.05) is 30.5 Å². The van der Waals surface area contributed by atoms with Crippen LogP contribution in [-0.2, 0) is 6.42 Å². The van der Waals surface area contributed by atoms with Crippen molar-refractivity contribution in [2.75, 3.05) is 4.90 Å². The molecule has 4 nitrogen and oxygen atoms in total. The maximum Gasteiger partial charge on any atom is 0.174 e. The molecule has 3 heterocycles. The van der Waals surface area contributed by atoms with Crippen LogP contribution < -0.4 is 10.2 Å². The first-order valence-electron chi connectivity index (χ1n) is 12.4. The molecule has 0 saturated carbocycles. The van der Waals surface area contributed by atoms with Crippen LogP contribution in [0.2, 0.25) is 0 Å². The number of hydrogen-bond donors (Lipinski definition) is 1. The summed E-state index contributed by atoms with van der Waals surface area (Å²) >= 11 is 5.88. The van der Waals surface area contributed by atoms with Crippen molar-refractivity contribution in [2.24, 2.45) is 0 Å². The molecule has 1 N–H and O–H groups in total. The molecule has 184 valence electrons. The number of rotatable bonds is 5. The number of para-hydroxylation sites is 1. The Balaban J connectivity index is 1.72. The Morgan fingerprint density at radius 2 is 1.78 bits per heavy atom. The number of benzene rings is 2. The molecule has 4 aromatic rings. The molecule has 0 amide bonds. The maximum absolute atomic E-state index is 14.2. The number of nitrogens with one attached hydrogen (secondary N) is 1. The highest BCUT2D eigenvalue weighted by molar-refractivity contribution is 7.80. The summed E-state index contributed by atoms with van der Waals surface area (Å²) in [6, 6.07) is 19.6. The van der Waals surface area contributed by atoms with Gasteiger partial charge in [0.05, 0.1) is 23.5 Å². The Labute approximate surface area is 217 Å². The van der Waals surface area contributed by atoms with Crippen LogP contribution in [0, 0.1) is 33.5 Å². The minimum atomic E-state index is -0.223. The molecular weight excluding hydrogens is 467 g/mol. The van der Waals surface area contributed by atoms with Crippen LogP contribution in [0.5, 0.6) is 0 Å². The SMILES string of the molecule is CCc1cccc(C)c1-n1c(C)cc([C@@H]2[C@@H](c3ccccn3)NC(=S)N2c2ccc(F)c(C)c2)c1C. The van der Waals surface area contributed by atoms with Crippen LogP contribution in [0.15, 0.2) is 66.9 Å². The minimum absolute atomic E-state index is 0.147. The number of halogens is 1. The molecule has 6 heteroatoms. The maximum atomic E-state index is 14.2. The molecule has 2 atom stereocenters. The number of anilines is 1. The Hall–Kier alpha value is -3.51. The highest BCUT2D eigenvalue weighted by Crippen LogP contribution is 2.44. The van der Waals surface area contributed by atoms with Crippen LogP contribution in [0.3, 0.4) is 0 Å². The smallest absolute Gasteiger partial charge is 0.174 e. The lowest BCUT2D eigenvalue weighted by Crippen LogP contribution is -2.29. The van der Waals surface area contributed by atoms with E-state index in [0.29, 0.717) is 10.7 Å². The number of aromatic nitrogens is 2. The lowest BCUT2D eigenvalue weighted by molar-refractivity contribution is 0.564. The van der Waals surface area contributed by atoms with Crippen molar-refractivity contribution < 1.29 is 4.39 Å². The van der Waals surface area contributed by atoms with E-state index in [1.165, 1.54) is 34.1 Å². The van der Waals surface area contributed by atoms with Crippen molar-refractivity contribution in [2.45, 2.75) is 53.1 Å². The third kappa shape index (κ3) is 3.99. The van der Waals surface area contributed by atoms with Gasteiger partial charge in [-0.3, -0.25) is 4.98 Å². The first kappa shape index (κ1) is 24.2. The molecule has 0 aliphatic carbocycles. The minimum Gasteiger partial charge on any atom is -0.351 e. The van der Waals surface area contributed by atoms with Gasteiger partial charge in [0.1, 0.15) is 5.82 Å². The van der Waals surface area contributed by atoms with Gasteiger partial charge in [0.15, 0.2) is 5.11 Å². The summed E-state index contributed by atoms with van der Waals surface area (Å²) in [5.41, 5.74) is 9.68. The molecule has 0 unspecified atom stereocenters. The molecule has 1 saturated heterocycles. The molecule has 1 fully saturated rings.